The van der Waals surface area contributed by atoms with Crippen LogP contribution in [-0.2, 0) is 24.8 Å². The van der Waals surface area contributed by atoms with E-state index < -0.39 is 6.03 Å². The summed E-state index contributed by atoms with van der Waals surface area (Å²) in [4.78, 5) is 12.2. The normalized spacial score (nSPS) is 13.5. The van der Waals surface area contributed by atoms with E-state index in [0.717, 1.165) is 17.7 Å². The first-order chi connectivity index (χ1) is 11.7. The first kappa shape index (κ1) is 14.8. The maximum absolute atomic E-state index is 12.2. The number of fused-ring (bicyclic) bond motifs is 1. The van der Waals surface area contributed by atoms with Crippen molar-refractivity contribution in [3.05, 3.63) is 29.7 Å². The van der Waals surface area contributed by atoms with Gasteiger partial charge in [-0.15, -0.1) is 10.2 Å². The molecule has 2 amide bonds. The van der Waals surface area contributed by atoms with Gasteiger partial charge in [0.15, 0.2) is 16.6 Å². The van der Waals surface area contributed by atoms with Crippen molar-refractivity contribution in [2.24, 2.45) is 7.05 Å². The first-order valence-corrected chi connectivity index (χ1v) is 8.10. The fourth-order valence-corrected chi connectivity index (χ4v) is 3.23. The van der Waals surface area contributed by atoms with E-state index >= 15 is 0 Å². The molecular weight excluding hydrogens is 332 g/mol. The molecule has 0 atom stereocenters. The van der Waals surface area contributed by atoms with E-state index in [2.05, 4.69) is 25.9 Å². The molecule has 0 aliphatic carbocycles. The Hall–Kier alpha value is -2.72. The zero-order valence-electron chi connectivity index (χ0n) is 12.8. The molecule has 0 aromatic carbocycles. The van der Waals surface area contributed by atoms with Gasteiger partial charge in [-0.2, -0.15) is 5.10 Å². The predicted octanol–water partition coefficient (Wildman–Crippen LogP) is 2.25. The minimum atomic E-state index is -0.427. The Morgan fingerprint density at radius 3 is 3.12 bits per heavy atom. The van der Waals surface area contributed by atoms with Gasteiger partial charge < -0.3 is 9.15 Å². The molecule has 0 unspecified atom stereocenters. The van der Waals surface area contributed by atoms with Crippen molar-refractivity contribution in [1.29, 1.82) is 0 Å². The molecule has 0 bridgehead atoms. The third-order valence-electron chi connectivity index (χ3n) is 3.61. The highest BCUT2D eigenvalue weighted by molar-refractivity contribution is 7.18. The molecule has 0 saturated carbocycles. The van der Waals surface area contributed by atoms with Crippen molar-refractivity contribution < 1.29 is 13.9 Å². The van der Waals surface area contributed by atoms with Gasteiger partial charge in [0.25, 0.3) is 0 Å². The van der Waals surface area contributed by atoms with Gasteiger partial charge in [-0.25, -0.2) is 4.79 Å². The largest absolute Gasteiger partial charge is 0.462 e. The molecule has 4 heterocycles. The maximum atomic E-state index is 12.2. The molecule has 0 saturated heterocycles. The number of hydrogen-bond acceptors (Lipinski definition) is 7. The number of aryl methyl sites for hydroxylation is 1. The maximum Gasteiger partial charge on any atom is 0.326 e. The summed E-state index contributed by atoms with van der Waals surface area (Å²) in [6.45, 7) is 1.11. The molecule has 2 N–H and O–H groups in total. The Bertz CT molecular complexity index is 869. The van der Waals surface area contributed by atoms with Crippen LogP contribution in [0.3, 0.4) is 0 Å². The van der Waals surface area contributed by atoms with Gasteiger partial charge in [0, 0.05) is 24.7 Å². The van der Waals surface area contributed by atoms with Gasteiger partial charge >= 0.3 is 6.03 Å². The number of amides is 2. The van der Waals surface area contributed by atoms with Crippen LogP contribution in [0.1, 0.15) is 11.3 Å². The lowest BCUT2D eigenvalue weighted by atomic mass is 10.1. The van der Waals surface area contributed by atoms with Crippen molar-refractivity contribution in [2.45, 2.75) is 13.0 Å². The van der Waals surface area contributed by atoms with Gasteiger partial charge in [0.2, 0.25) is 5.13 Å². The molecule has 124 valence electrons. The van der Waals surface area contributed by atoms with Gasteiger partial charge in [0.05, 0.1) is 19.5 Å². The number of nitrogens with zero attached hydrogens (tertiary/aromatic N) is 4. The number of rotatable bonds is 3. The van der Waals surface area contributed by atoms with Gasteiger partial charge in [0.1, 0.15) is 0 Å². The lowest BCUT2D eigenvalue weighted by Crippen LogP contribution is -2.21. The number of ether oxygens (including phenoxy) is 1. The Morgan fingerprint density at radius 1 is 1.38 bits per heavy atom. The Labute approximate surface area is 140 Å². The molecule has 4 rings (SSSR count). The highest BCUT2D eigenvalue weighted by atomic mass is 32.1. The lowest BCUT2D eigenvalue weighted by Gasteiger charge is -2.13. The van der Waals surface area contributed by atoms with Crippen LogP contribution in [-0.4, -0.2) is 32.6 Å². The lowest BCUT2D eigenvalue weighted by molar-refractivity contribution is 0.109. The number of carbonyl (C=O) groups excluding carboxylic acids is 1. The summed E-state index contributed by atoms with van der Waals surface area (Å²) in [6, 6.07) is 3.12. The molecule has 1 aliphatic rings. The van der Waals surface area contributed by atoms with E-state index in [1.807, 2.05) is 7.05 Å². The third-order valence-corrected chi connectivity index (χ3v) is 4.47. The third kappa shape index (κ3) is 2.76. The highest BCUT2D eigenvalue weighted by Gasteiger charge is 2.21. The van der Waals surface area contributed by atoms with E-state index in [0.29, 0.717) is 34.9 Å². The minimum absolute atomic E-state index is 0.375. The van der Waals surface area contributed by atoms with Crippen molar-refractivity contribution in [2.75, 3.05) is 17.2 Å². The van der Waals surface area contributed by atoms with Gasteiger partial charge in [-0.3, -0.25) is 15.3 Å². The Balaban J connectivity index is 1.46. The van der Waals surface area contributed by atoms with Gasteiger partial charge in [-0.05, 0) is 12.1 Å². The fourth-order valence-electron chi connectivity index (χ4n) is 2.52. The van der Waals surface area contributed by atoms with E-state index in [9.17, 15) is 4.79 Å². The van der Waals surface area contributed by atoms with Crippen LogP contribution in [0.15, 0.2) is 22.8 Å². The van der Waals surface area contributed by atoms with Crippen molar-refractivity contribution in [3.63, 3.8) is 0 Å². The fraction of sp³-hybridized carbons (Fsp3) is 0.286. The Morgan fingerprint density at radius 2 is 2.29 bits per heavy atom. The van der Waals surface area contributed by atoms with Crippen LogP contribution in [0.4, 0.5) is 15.7 Å². The van der Waals surface area contributed by atoms with Crippen LogP contribution in [0, 0.1) is 0 Å². The summed E-state index contributed by atoms with van der Waals surface area (Å²) in [6.07, 6.45) is 2.34. The van der Waals surface area contributed by atoms with Crippen LogP contribution < -0.4 is 10.6 Å². The molecule has 1 aliphatic heterocycles. The molecule has 10 heteroatoms. The van der Waals surface area contributed by atoms with Gasteiger partial charge in [-0.1, -0.05) is 11.3 Å². The number of aromatic nitrogens is 4. The molecule has 0 radical (unpaired) electrons. The summed E-state index contributed by atoms with van der Waals surface area (Å²) in [5.41, 5.74) is 1.99. The van der Waals surface area contributed by atoms with Crippen LogP contribution in [0.5, 0.6) is 0 Å². The SMILES string of the molecule is Cn1nc(NC(=O)Nc2nnc(-c3ccco3)s2)c2c1CCOC2. The van der Waals surface area contributed by atoms with Crippen molar-refractivity contribution in [1.82, 2.24) is 20.0 Å². The number of carbonyl (C=O) groups is 1. The summed E-state index contributed by atoms with van der Waals surface area (Å²) in [7, 11) is 1.85. The van der Waals surface area contributed by atoms with Crippen molar-refractivity contribution >= 4 is 28.3 Å². The van der Waals surface area contributed by atoms with Crippen LogP contribution >= 0.6 is 11.3 Å². The summed E-state index contributed by atoms with van der Waals surface area (Å²) in [5.74, 6) is 1.11. The average Bonchev–Trinajstić information content (AvgIpc) is 3.29. The average molecular weight is 346 g/mol. The standard InChI is InChI=1S/C14H14N6O3S/c1-20-9-4-6-22-7-8(9)11(19-20)15-13(21)16-14-18-17-12(24-14)10-3-2-5-23-10/h2-3,5H,4,6-7H2,1H3,(H2,15,16,18,19,21). The zero-order valence-corrected chi connectivity index (χ0v) is 13.6. The second kappa shape index (κ2) is 6.06. The quantitative estimate of drug-likeness (QED) is 0.753. The molecule has 0 fully saturated rings. The first-order valence-electron chi connectivity index (χ1n) is 7.28. The number of nitrogens with one attached hydrogen (secondary N) is 2. The predicted molar refractivity (Wildman–Crippen MR) is 86.8 cm³/mol. The summed E-state index contributed by atoms with van der Waals surface area (Å²) < 4.78 is 12.5. The number of urea groups is 1. The molecule has 3 aromatic heterocycles. The monoisotopic (exact) mass is 346 g/mol. The smallest absolute Gasteiger partial charge is 0.326 e. The highest BCUT2D eigenvalue weighted by Crippen LogP contribution is 2.27. The second-order valence-corrected chi connectivity index (χ2v) is 6.15. The van der Waals surface area contributed by atoms with Crippen LogP contribution in [0.25, 0.3) is 10.8 Å². The second-order valence-electron chi connectivity index (χ2n) is 5.17. The van der Waals surface area contributed by atoms with E-state index in [1.54, 1.807) is 23.1 Å². The topological polar surface area (TPSA) is 107 Å². The molecule has 3 aromatic rings. The van der Waals surface area contributed by atoms with E-state index in [-0.39, 0.29) is 0 Å². The number of hydrogen-bond donors (Lipinski definition) is 2. The van der Waals surface area contributed by atoms with Crippen LogP contribution in [0.2, 0.25) is 0 Å². The summed E-state index contributed by atoms with van der Waals surface area (Å²) in [5, 5.41) is 18.6. The summed E-state index contributed by atoms with van der Waals surface area (Å²) >= 11 is 1.23. The van der Waals surface area contributed by atoms with E-state index in [1.165, 1.54) is 11.3 Å². The van der Waals surface area contributed by atoms with Crippen molar-refractivity contribution in [3.8, 4) is 10.8 Å². The Kier molecular flexibility index (Phi) is 3.75. The zero-order chi connectivity index (χ0) is 16.5. The minimum Gasteiger partial charge on any atom is -0.462 e. The molecular formula is C14H14N6O3S. The number of anilines is 2. The van der Waals surface area contributed by atoms with E-state index in [4.69, 9.17) is 9.15 Å². The number of furan rings is 1. The molecule has 24 heavy (non-hydrogen) atoms. The molecule has 0 spiro atoms. The molecule has 9 nitrogen and oxygen atoms in total.